The molecule has 1 aromatic heterocycles. The van der Waals surface area contributed by atoms with Crippen molar-refractivity contribution in [1.29, 1.82) is 0 Å². The molecule has 0 atom stereocenters. The molecule has 0 radical (unpaired) electrons. The molecule has 0 aliphatic carbocycles. The Hall–Kier alpha value is -2.14. The first-order valence-electron chi connectivity index (χ1n) is 6.62. The summed E-state index contributed by atoms with van der Waals surface area (Å²) in [6.45, 7) is 4.23. The minimum atomic E-state index is -0.981. The number of carbonyl (C=O) groups is 2. The van der Waals surface area contributed by atoms with Crippen LogP contribution in [0.4, 0.5) is 5.69 Å². The topological polar surface area (TPSA) is 57.6 Å². The number of amides is 1. The van der Waals surface area contributed by atoms with E-state index in [2.05, 4.69) is 0 Å². The monoisotopic (exact) mass is 301 g/mol. The predicted molar refractivity (Wildman–Crippen MR) is 81.9 cm³/mol. The number of carbonyl (C=O) groups excluding carboxylic acids is 1. The number of thiophene rings is 1. The van der Waals surface area contributed by atoms with E-state index >= 15 is 0 Å². The van der Waals surface area contributed by atoms with E-state index in [1.165, 1.54) is 0 Å². The van der Waals surface area contributed by atoms with Crippen molar-refractivity contribution in [2.45, 2.75) is 25.8 Å². The number of benzene rings is 1. The van der Waals surface area contributed by atoms with Crippen LogP contribution in [-0.4, -0.2) is 17.0 Å². The number of aromatic carboxylic acids is 1. The Morgan fingerprint density at radius 2 is 2.10 bits per heavy atom. The highest BCUT2D eigenvalue weighted by molar-refractivity contribution is 7.07. The van der Waals surface area contributed by atoms with Gasteiger partial charge in [-0.3, -0.25) is 4.79 Å². The van der Waals surface area contributed by atoms with Crippen LogP contribution < -0.4 is 4.90 Å². The fraction of sp³-hybridized carbons (Fsp3) is 0.250. The Labute approximate surface area is 126 Å². The molecule has 0 fully saturated rings. The number of fused-ring (bicyclic) bond motifs is 1. The van der Waals surface area contributed by atoms with Crippen LogP contribution in [0.25, 0.3) is 0 Å². The van der Waals surface area contributed by atoms with E-state index < -0.39 is 11.4 Å². The van der Waals surface area contributed by atoms with Crippen LogP contribution in [-0.2, 0) is 16.8 Å². The quantitative estimate of drug-likeness (QED) is 0.946. The molecule has 1 N–H and O–H groups in total. The number of hydrogen-bond donors (Lipinski definition) is 1. The first-order valence-corrected chi connectivity index (χ1v) is 7.56. The predicted octanol–water partition coefficient (Wildman–Crippen LogP) is 3.27. The largest absolute Gasteiger partial charge is 0.478 e. The van der Waals surface area contributed by atoms with Crippen molar-refractivity contribution >= 4 is 28.9 Å². The second-order valence-electron chi connectivity index (χ2n) is 5.68. The minimum absolute atomic E-state index is 0.00578. The van der Waals surface area contributed by atoms with E-state index in [-0.39, 0.29) is 11.5 Å². The molecule has 0 bridgehead atoms. The standard InChI is InChI=1S/C16H15NO3S/c1-16(2)12-4-3-11(14(18)19)7-13(12)17(15(16)20)8-10-5-6-21-9-10/h3-7,9H,8H2,1-2H3,(H,18,19). The molecule has 1 aromatic carbocycles. The fourth-order valence-corrected chi connectivity index (χ4v) is 3.36. The Balaban J connectivity index is 2.09. The summed E-state index contributed by atoms with van der Waals surface area (Å²) in [7, 11) is 0. The molecule has 0 saturated heterocycles. The Morgan fingerprint density at radius 3 is 2.71 bits per heavy atom. The second-order valence-corrected chi connectivity index (χ2v) is 6.47. The molecule has 1 aliphatic rings. The van der Waals surface area contributed by atoms with Gasteiger partial charge in [0.25, 0.3) is 0 Å². The summed E-state index contributed by atoms with van der Waals surface area (Å²) in [5, 5.41) is 13.1. The zero-order valence-corrected chi connectivity index (χ0v) is 12.6. The summed E-state index contributed by atoms with van der Waals surface area (Å²) >= 11 is 1.58. The lowest BCUT2D eigenvalue weighted by Crippen LogP contribution is -2.35. The van der Waals surface area contributed by atoms with Gasteiger partial charge in [0, 0.05) is 5.69 Å². The van der Waals surface area contributed by atoms with Gasteiger partial charge in [-0.25, -0.2) is 4.79 Å². The number of hydrogen-bond acceptors (Lipinski definition) is 3. The minimum Gasteiger partial charge on any atom is -0.478 e. The molecule has 5 heteroatoms. The summed E-state index contributed by atoms with van der Waals surface area (Å²) in [4.78, 5) is 25.5. The molecule has 21 heavy (non-hydrogen) atoms. The number of carboxylic acids is 1. The van der Waals surface area contributed by atoms with E-state index in [9.17, 15) is 9.59 Å². The third-order valence-corrected chi connectivity index (χ3v) is 4.64. The van der Waals surface area contributed by atoms with Gasteiger partial charge in [-0.15, -0.1) is 0 Å². The second kappa shape index (κ2) is 4.70. The average Bonchev–Trinajstić information content (AvgIpc) is 3.01. The van der Waals surface area contributed by atoms with Gasteiger partial charge in [0.05, 0.1) is 17.5 Å². The van der Waals surface area contributed by atoms with E-state index in [4.69, 9.17) is 5.11 Å². The van der Waals surface area contributed by atoms with Gasteiger partial charge in [0.15, 0.2) is 0 Å². The molecule has 0 saturated carbocycles. The molecule has 2 heterocycles. The van der Waals surface area contributed by atoms with E-state index in [0.717, 1.165) is 11.1 Å². The summed E-state index contributed by atoms with van der Waals surface area (Å²) < 4.78 is 0. The zero-order chi connectivity index (χ0) is 15.2. The molecule has 108 valence electrons. The SMILES string of the molecule is CC1(C)C(=O)N(Cc2ccsc2)c2cc(C(=O)O)ccc21. The van der Waals surface area contributed by atoms with Gasteiger partial charge < -0.3 is 10.0 Å². The van der Waals surface area contributed by atoms with Crippen molar-refractivity contribution in [3.8, 4) is 0 Å². The molecular formula is C16H15NO3S. The summed E-state index contributed by atoms with van der Waals surface area (Å²) in [6, 6.07) is 6.88. The van der Waals surface area contributed by atoms with Crippen molar-refractivity contribution in [3.05, 3.63) is 51.7 Å². The van der Waals surface area contributed by atoms with E-state index in [0.29, 0.717) is 12.2 Å². The normalized spacial score (nSPS) is 16.1. The first-order chi connectivity index (χ1) is 9.91. The molecule has 2 aromatic rings. The van der Waals surface area contributed by atoms with Crippen LogP contribution >= 0.6 is 11.3 Å². The number of nitrogens with zero attached hydrogens (tertiary/aromatic N) is 1. The van der Waals surface area contributed by atoms with Gasteiger partial charge in [0.1, 0.15) is 0 Å². The summed E-state index contributed by atoms with van der Waals surface area (Å²) in [6.07, 6.45) is 0. The van der Waals surface area contributed by atoms with Crippen LogP contribution in [0.1, 0.15) is 35.3 Å². The summed E-state index contributed by atoms with van der Waals surface area (Å²) in [5.41, 5.74) is 2.22. The first kappa shape index (κ1) is 13.8. The highest BCUT2D eigenvalue weighted by Crippen LogP contribution is 2.42. The molecule has 1 amide bonds. The molecule has 4 nitrogen and oxygen atoms in total. The van der Waals surface area contributed by atoms with E-state index in [1.807, 2.05) is 30.7 Å². The van der Waals surface area contributed by atoms with Crippen molar-refractivity contribution in [2.75, 3.05) is 4.90 Å². The maximum Gasteiger partial charge on any atom is 0.335 e. The van der Waals surface area contributed by atoms with Crippen LogP contribution in [0.15, 0.2) is 35.0 Å². The number of anilines is 1. The van der Waals surface area contributed by atoms with Crippen molar-refractivity contribution < 1.29 is 14.7 Å². The third-order valence-electron chi connectivity index (χ3n) is 3.91. The van der Waals surface area contributed by atoms with Gasteiger partial charge in [-0.1, -0.05) is 6.07 Å². The molecule has 0 unspecified atom stereocenters. The van der Waals surface area contributed by atoms with Gasteiger partial charge >= 0.3 is 5.97 Å². The number of carboxylic acid groups (broad SMARTS) is 1. The van der Waals surface area contributed by atoms with Crippen molar-refractivity contribution in [2.24, 2.45) is 0 Å². The van der Waals surface area contributed by atoms with Crippen molar-refractivity contribution in [1.82, 2.24) is 0 Å². The zero-order valence-electron chi connectivity index (χ0n) is 11.8. The smallest absolute Gasteiger partial charge is 0.335 e. The molecule has 0 spiro atoms. The van der Waals surface area contributed by atoms with Gasteiger partial charge in [0.2, 0.25) is 5.91 Å². The van der Waals surface area contributed by atoms with Crippen molar-refractivity contribution in [3.63, 3.8) is 0 Å². The van der Waals surface area contributed by atoms with Crippen LogP contribution in [0.3, 0.4) is 0 Å². The molecular weight excluding hydrogens is 286 g/mol. The highest BCUT2D eigenvalue weighted by atomic mass is 32.1. The van der Waals surface area contributed by atoms with Gasteiger partial charge in [-0.05, 0) is 53.9 Å². The average molecular weight is 301 g/mol. The van der Waals surface area contributed by atoms with Crippen LogP contribution in [0, 0.1) is 0 Å². The maximum absolute atomic E-state index is 12.7. The van der Waals surface area contributed by atoms with Gasteiger partial charge in [-0.2, -0.15) is 11.3 Å². The Morgan fingerprint density at radius 1 is 1.33 bits per heavy atom. The van der Waals surface area contributed by atoms with Crippen LogP contribution in [0.2, 0.25) is 0 Å². The maximum atomic E-state index is 12.7. The molecule has 1 aliphatic heterocycles. The lowest BCUT2D eigenvalue weighted by molar-refractivity contribution is -0.122. The Kier molecular flexibility index (Phi) is 3.10. The lowest BCUT2D eigenvalue weighted by atomic mass is 9.86. The highest BCUT2D eigenvalue weighted by Gasteiger charge is 2.43. The summed E-state index contributed by atoms with van der Waals surface area (Å²) in [5.74, 6) is -0.975. The fourth-order valence-electron chi connectivity index (χ4n) is 2.70. The Bertz CT molecular complexity index is 719. The lowest BCUT2D eigenvalue weighted by Gasteiger charge is -2.20. The molecule has 3 rings (SSSR count). The third kappa shape index (κ3) is 2.14. The van der Waals surface area contributed by atoms with E-state index in [1.54, 1.807) is 34.4 Å². The number of rotatable bonds is 3. The van der Waals surface area contributed by atoms with Crippen LogP contribution in [0.5, 0.6) is 0 Å².